The smallest absolute Gasteiger partial charge is 0.336 e. The molecule has 0 aromatic heterocycles. The molecule has 0 saturated heterocycles. The van der Waals surface area contributed by atoms with E-state index < -0.39 is 10.9 Å². The van der Waals surface area contributed by atoms with Crippen LogP contribution in [-0.2, 0) is 11.4 Å². The van der Waals surface area contributed by atoms with Crippen molar-refractivity contribution < 1.29 is 19.2 Å². The Balaban J connectivity index is 1.52. The van der Waals surface area contributed by atoms with Gasteiger partial charge in [-0.2, -0.15) is 0 Å². The molecule has 8 heteroatoms. The summed E-state index contributed by atoms with van der Waals surface area (Å²) in [5.74, 6) is 0.289. The molecule has 0 heterocycles. The molecule has 3 rings (SSSR count). The van der Waals surface area contributed by atoms with Crippen LogP contribution < -0.4 is 9.47 Å². The Labute approximate surface area is 182 Å². The second-order valence-electron chi connectivity index (χ2n) is 6.11. The monoisotopic (exact) mass is 443 g/mol. The van der Waals surface area contributed by atoms with Gasteiger partial charge in [0, 0.05) is 18.2 Å². The SMILES string of the molecule is O=C(/C=C/c1ccc(OCc2ccc(Cl)c(Cl)c2)cc1)Oc1ccc([N+](=O)[O-])cc1. The number of carbonyl (C=O) groups excluding carboxylic acids is 1. The first-order valence-electron chi connectivity index (χ1n) is 8.72. The molecule has 0 bridgehead atoms. The number of halogens is 2. The molecular formula is C22H15Cl2NO5. The minimum absolute atomic E-state index is 0.0770. The summed E-state index contributed by atoms with van der Waals surface area (Å²) in [6.45, 7) is 0.341. The summed E-state index contributed by atoms with van der Waals surface area (Å²) in [5.41, 5.74) is 1.59. The highest BCUT2D eigenvalue weighted by Crippen LogP contribution is 2.23. The average molecular weight is 444 g/mol. The minimum Gasteiger partial charge on any atom is -0.489 e. The van der Waals surface area contributed by atoms with Crippen molar-refractivity contribution in [3.63, 3.8) is 0 Å². The Morgan fingerprint density at radius 2 is 1.60 bits per heavy atom. The Morgan fingerprint density at radius 1 is 0.933 bits per heavy atom. The summed E-state index contributed by atoms with van der Waals surface area (Å²) in [4.78, 5) is 22.0. The van der Waals surface area contributed by atoms with Gasteiger partial charge in [-0.25, -0.2) is 4.79 Å². The highest BCUT2D eigenvalue weighted by Gasteiger charge is 2.06. The molecule has 30 heavy (non-hydrogen) atoms. The molecule has 0 amide bonds. The molecule has 6 nitrogen and oxygen atoms in total. The molecule has 3 aromatic rings. The summed E-state index contributed by atoms with van der Waals surface area (Å²) in [6, 6.07) is 17.7. The van der Waals surface area contributed by atoms with Gasteiger partial charge in [0.05, 0.1) is 15.0 Å². The lowest BCUT2D eigenvalue weighted by molar-refractivity contribution is -0.384. The molecule has 0 fully saturated rings. The Kier molecular flexibility index (Phi) is 7.06. The fraction of sp³-hybridized carbons (Fsp3) is 0.0455. The predicted molar refractivity (Wildman–Crippen MR) is 115 cm³/mol. The van der Waals surface area contributed by atoms with E-state index in [1.165, 1.54) is 30.3 Å². The second-order valence-corrected chi connectivity index (χ2v) is 6.93. The zero-order chi connectivity index (χ0) is 21.5. The van der Waals surface area contributed by atoms with Crippen molar-refractivity contribution in [2.75, 3.05) is 0 Å². The average Bonchev–Trinajstić information content (AvgIpc) is 2.74. The molecular weight excluding hydrogens is 429 g/mol. The largest absolute Gasteiger partial charge is 0.489 e. The minimum atomic E-state index is -0.594. The van der Waals surface area contributed by atoms with Crippen molar-refractivity contribution in [2.24, 2.45) is 0 Å². The predicted octanol–water partition coefficient (Wildman–Crippen LogP) is 6.10. The zero-order valence-electron chi connectivity index (χ0n) is 15.5. The number of nitro benzene ring substituents is 1. The van der Waals surface area contributed by atoms with Gasteiger partial charge in [-0.05, 0) is 53.6 Å². The number of hydrogen-bond donors (Lipinski definition) is 0. The molecule has 0 spiro atoms. The summed E-state index contributed by atoms with van der Waals surface area (Å²) in [7, 11) is 0. The van der Waals surface area contributed by atoms with Crippen LogP contribution in [0.4, 0.5) is 5.69 Å². The maximum Gasteiger partial charge on any atom is 0.336 e. The molecule has 0 radical (unpaired) electrons. The topological polar surface area (TPSA) is 78.7 Å². The Hall–Kier alpha value is -3.35. The van der Waals surface area contributed by atoms with Gasteiger partial charge in [-0.15, -0.1) is 0 Å². The van der Waals surface area contributed by atoms with Gasteiger partial charge in [-0.3, -0.25) is 10.1 Å². The van der Waals surface area contributed by atoms with E-state index in [0.717, 1.165) is 11.1 Å². The summed E-state index contributed by atoms with van der Waals surface area (Å²) < 4.78 is 10.8. The van der Waals surface area contributed by atoms with Crippen LogP contribution in [0.2, 0.25) is 10.0 Å². The van der Waals surface area contributed by atoms with Gasteiger partial charge in [0.15, 0.2) is 0 Å². The van der Waals surface area contributed by atoms with Gasteiger partial charge >= 0.3 is 5.97 Å². The number of benzene rings is 3. The first-order chi connectivity index (χ1) is 14.4. The van der Waals surface area contributed by atoms with Crippen LogP contribution in [0.5, 0.6) is 11.5 Å². The zero-order valence-corrected chi connectivity index (χ0v) is 17.0. The van der Waals surface area contributed by atoms with Gasteiger partial charge < -0.3 is 9.47 Å². The maximum atomic E-state index is 11.9. The molecule has 0 saturated carbocycles. The maximum absolute atomic E-state index is 11.9. The number of esters is 1. The van der Waals surface area contributed by atoms with Crippen molar-refractivity contribution >= 4 is 40.9 Å². The molecule has 0 aliphatic heterocycles. The van der Waals surface area contributed by atoms with Crippen molar-refractivity contribution in [1.82, 2.24) is 0 Å². The van der Waals surface area contributed by atoms with Gasteiger partial charge in [-0.1, -0.05) is 41.4 Å². The van der Waals surface area contributed by atoms with Crippen LogP contribution in [-0.4, -0.2) is 10.9 Å². The number of rotatable bonds is 7. The number of hydrogen-bond acceptors (Lipinski definition) is 5. The third-order valence-corrected chi connectivity index (χ3v) is 4.69. The fourth-order valence-electron chi connectivity index (χ4n) is 2.42. The molecule has 0 atom stereocenters. The van der Waals surface area contributed by atoms with Crippen molar-refractivity contribution in [1.29, 1.82) is 0 Å². The van der Waals surface area contributed by atoms with Crippen molar-refractivity contribution in [2.45, 2.75) is 6.61 Å². The van der Waals surface area contributed by atoms with E-state index >= 15 is 0 Å². The highest BCUT2D eigenvalue weighted by molar-refractivity contribution is 6.42. The lowest BCUT2D eigenvalue weighted by Crippen LogP contribution is -2.03. The second kappa shape index (κ2) is 9.91. The van der Waals surface area contributed by atoms with Gasteiger partial charge in [0.2, 0.25) is 0 Å². The van der Waals surface area contributed by atoms with Crippen molar-refractivity contribution in [3.05, 3.63) is 104 Å². The molecule has 152 valence electrons. The summed E-state index contributed by atoms with van der Waals surface area (Å²) in [6.07, 6.45) is 2.86. The number of carbonyl (C=O) groups is 1. The standard InChI is InChI=1S/C22H15Cl2NO5/c23-20-11-3-16(13-21(20)24)14-29-18-7-1-15(2-8-18)4-12-22(26)30-19-9-5-17(6-10-19)25(27)28/h1-13H,14H2/b12-4+. The first-order valence-corrected chi connectivity index (χ1v) is 9.47. The van der Waals surface area contributed by atoms with Crippen LogP contribution >= 0.6 is 23.2 Å². The van der Waals surface area contributed by atoms with Crippen LogP contribution in [0, 0.1) is 10.1 Å². The number of nitrogens with zero attached hydrogens (tertiary/aromatic N) is 1. The van der Waals surface area contributed by atoms with E-state index in [1.807, 2.05) is 6.07 Å². The number of nitro groups is 1. The van der Waals surface area contributed by atoms with Crippen LogP contribution in [0.25, 0.3) is 6.08 Å². The molecule has 3 aromatic carbocycles. The van der Waals surface area contributed by atoms with Crippen LogP contribution in [0.15, 0.2) is 72.8 Å². The highest BCUT2D eigenvalue weighted by atomic mass is 35.5. The summed E-state index contributed by atoms with van der Waals surface area (Å²) >= 11 is 11.9. The van der Waals surface area contributed by atoms with E-state index in [0.29, 0.717) is 22.4 Å². The van der Waals surface area contributed by atoms with Crippen LogP contribution in [0.1, 0.15) is 11.1 Å². The Bertz CT molecular complexity index is 1080. The quantitative estimate of drug-likeness (QED) is 0.145. The first kappa shape index (κ1) is 21.4. The van der Waals surface area contributed by atoms with E-state index in [1.54, 1.807) is 42.5 Å². The lowest BCUT2D eigenvalue weighted by atomic mass is 10.2. The third kappa shape index (κ3) is 6.07. The van der Waals surface area contributed by atoms with E-state index in [2.05, 4.69) is 0 Å². The number of non-ortho nitro benzene ring substituents is 1. The van der Waals surface area contributed by atoms with Gasteiger partial charge in [0.1, 0.15) is 18.1 Å². The molecule has 0 unspecified atom stereocenters. The van der Waals surface area contributed by atoms with E-state index in [9.17, 15) is 14.9 Å². The summed E-state index contributed by atoms with van der Waals surface area (Å²) in [5, 5.41) is 11.6. The third-order valence-electron chi connectivity index (χ3n) is 3.95. The molecule has 0 N–H and O–H groups in total. The van der Waals surface area contributed by atoms with Crippen LogP contribution in [0.3, 0.4) is 0 Å². The van der Waals surface area contributed by atoms with E-state index in [4.69, 9.17) is 32.7 Å². The van der Waals surface area contributed by atoms with Gasteiger partial charge in [0.25, 0.3) is 5.69 Å². The Morgan fingerprint density at radius 3 is 2.23 bits per heavy atom. The van der Waals surface area contributed by atoms with Crippen molar-refractivity contribution in [3.8, 4) is 11.5 Å². The molecule has 0 aliphatic carbocycles. The normalized spacial score (nSPS) is 10.7. The van der Waals surface area contributed by atoms with E-state index in [-0.39, 0.29) is 11.4 Å². The fourth-order valence-corrected chi connectivity index (χ4v) is 2.74. The molecule has 0 aliphatic rings. The lowest BCUT2D eigenvalue weighted by Gasteiger charge is -2.07. The number of ether oxygens (including phenoxy) is 2.